The summed E-state index contributed by atoms with van der Waals surface area (Å²) in [5.41, 5.74) is 1.26. The Labute approximate surface area is 135 Å². The van der Waals surface area contributed by atoms with Gasteiger partial charge in [0.1, 0.15) is 11.5 Å². The fourth-order valence-electron chi connectivity index (χ4n) is 3.75. The zero-order valence-electron chi connectivity index (χ0n) is 12.0. The highest BCUT2D eigenvalue weighted by atomic mass is 79.9. The van der Waals surface area contributed by atoms with E-state index in [0.29, 0.717) is 17.7 Å². The van der Waals surface area contributed by atoms with Gasteiger partial charge in [0.25, 0.3) is 0 Å². The third kappa shape index (κ3) is 2.26. The van der Waals surface area contributed by atoms with Gasteiger partial charge < -0.3 is 9.84 Å². The number of rotatable bonds is 3. The summed E-state index contributed by atoms with van der Waals surface area (Å²) in [6.07, 6.45) is 0.653. The third-order valence-corrected chi connectivity index (χ3v) is 5.25. The molecule has 0 saturated heterocycles. The SMILES string of the molecule is COc1ccc(Br)c2c1C(=O)[C@@H]1C(=O)C[C@H](CC(=O)O)C[C@H]21. The zero-order chi connectivity index (χ0) is 16.0. The maximum absolute atomic E-state index is 12.7. The number of methoxy groups -OCH3 is 1. The predicted molar refractivity (Wildman–Crippen MR) is 81.2 cm³/mol. The van der Waals surface area contributed by atoms with E-state index in [1.54, 1.807) is 12.1 Å². The van der Waals surface area contributed by atoms with E-state index in [-0.39, 0.29) is 36.2 Å². The molecule has 116 valence electrons. The number of fused-ring (bicyclic) bond motifs is 3. The molecule has 1 saturated carbocycles. The second kappa shape index (κ2) is 5.50. The van der Waals surface area contributed by atoms with Crippen LogP contribution in [0.1, 0.15) is 41.1 Å². The van der Waals surface area contributed by atoms with E-state index in [1.165, 1.54) is 7.11 Å². The highest BCUT2D eigenvalue weighted by Gasteiger charge is 2.50. The monoisotopic (exact) mass is 366 g/mol. The van der Waals surface area contributed by atoms with Gasteiger partial charge in [-0.1, -0.05) is 15.9 Å². The van der Waals surface area contributed by atoms with Crippen LogP contribution in [0.3, 0.4) is 0 Å². The van der Waals surface area contributed by atoms with Crippen LogP contribution in [0.15, 0.2) is 16.6 Å². The molecule has 2 aliphatic rings. The lowest BCUT2D eigenvalue weighted by Crippen LogP contribution is -2.33. The molecule has 0 spiro atoms. The fraction of sp³-hybridized carbons (Fsp3) is 0.438. The summed E-state index contributed by atoms with van der Waals surface area (Å²) in [7, 11) is 1.49. The first-order valence-electron chi connectivity index (χ1n) is 7.09. The normalized spacial score (nSPS) is 26.5. The van der Waals surface area contributed by atoms with Crippen molar-refractivity contribution in [1.29, 1.82) is 0 Å². The van der Waals surface area contributed by atoms with Crippen LogP contribution in [-0.4, -0.2) is 29.8 Å². The van der Waals surface area contributed by atoms with Gasteiger partial charge >= 0.3 is 5.97 Å². The van der Waals surface area contributed by atoms with Gasteiger partial charge in [0, 0.05) is 23.2 Å². The van der Waals surface area contributed by atoms with Crippen molar-refractivity contribution in [1.82, 2.24) is 0 Å². The number of Topliss-reactive ketones (excluding diaryl/α,β-unsaturated/α-hetero) is 2. The Morgan fingerprint density at radius 3 is 2.77 bits per heavy atom. The lowest BCUT2D eigenvalue weighted by Gasteiger charge is -2.29. The molecule has 0 unspecified atom stereocenters. The first-order valence-corrected chi connectivity index (χ1v) is 7.88. The molecule has 2 aliphatic carbocycles. The van der Waals surface area contributed by atoms with E-state index in [4.69, 9.17) is 9.84 Å². The van der Waals surface area contributed by atoms with Crippen molar-refractivity contribution in [3.8, 4) is 5.75 Å². The minimum Gasteiger partial charge on any atom is -0.496 e. The molecule has 22 heavy (non-hydrogen) atoms. The molecule has 3 rings (SSSR count). The van der Waals surface area contributed by atoms with Crippen molar-refractivity contribution >= 4 is 33.5 Å². The molecule has 0 amide bonds. The molecule has 1 aromatic carbocycles. The first-order chi connectivity index (χ1) is 10.4. The predicted octanol–water partition coefficient (Wildman–Crippen LogP) is 2.81. The van der Waals surface area contributed by atoms with Gasteiger partial charge in [-0.15, -0.1) is 0 Å². The standard InChI is InChI=1S/C16H15BrO5/c1-22-11-3-2-9(17)13-8-4-7(6-12(19)20)5-10(18)14(8)16(21)15(11)13/h2-3,7-8,14H,4-6H2,1H3,(H,19,20)/t7-,8-,14+/m1/s1. The number of halogens is 1. The average molecular weight is 367 g/mol. The van der Waals surface area contributed by atoms with E-state index in [2.05, 4.69) is 15.9 Å². The van der Waals surface area contributed by atoms with Gasteiger partial charge in [-0.2, -0.15) is 0 Å². The van der Waals surface area contributed by atoms with Gasteiger partial charge in [0.05, 0.1) is 18.6 Å². The molecule has 0 radical (unpaired) electrons. The van der Waals surface area contributed by atoms with Gasteiger partial charge in [0.15, 0.2) is 5.78 Å². The van der Waals surface area contributed by atoms with Gasteiger partial charge in [-0.3, -0.25) is 14.4 Å². The van der Waals surface area contributed by atoms with Gasteiger partial charge in [0.2, 0.25) is 0 Å². The number of hydrogen-bond acceptors (Lipinski definition) is 4. The molecule has 6 heteroatoms. The second-order valence-corrected chi connectivity index (χ2v) is 6.71. The summed E-state index contributed by atoms with van der Waals surface area (Å²) in [5, 5.41) is 8.97. The number of benzene rings is 1. The topological polar surface area (TPSA) is 80.7 Å². The number of carbonyl (C=O) groups excluding carboxylic acids is 2. The van der Waals surface area contributed by atoms with Crippen molar-refractivity contribution in [2.24, 2.45) is 11.8 Å². The Balaban J connectivity index is 2.06. The summed E-state index contributed by atoms with van der Waals surface area (Å²) in [4.78, 5) is 36.0. The van der Waals surface area contributed by atoms with Crippen LogP contribution in [0.25, 0.3) is 0 Å². The molecular weight excluding hydrogens is 352 g/mol. The van der Waals surface area contributed by atoms with E-state index in [0.717, 1.165) is 10.0 Å². The van der Waals surface area contributed by atoms with Crippen molar-refractivity contribution in [2.75, 3.05) is 7.11 Å². The van der Waals surface area contributed by atoms with Crippen molar-refractivity contribution in [3.05, 3.63) is 27.7 Å². The van der Waals surface area contributed by atoms with Crippen LogP contribution in [-0.2, 0) is 9.59 Å². The van der Waals surface area contributed by atoms with Crippen LogP contribution < -0.4 is 4.74 Å². The lowest BCUT2D eigenvalue weighted by molar-refractivity contribution is -0.138. The van der Waals surface area contributed by atoms with E-state index < -0.39 is 11.9 Å². The molecular formula is C16H15BrO5. The third-order valence-electron chi connectivity index (χ3n) is 4.56. The van der Waals surface area contributed by atoms with Gasteiger partial charge in [-0.25, -0.2) is 0 Å². The average Bonchev–Trinajstić information content (AvgIpc) is 2.74. The molecule has 0 bridgehead atoms. The summed E-state index contributed by atoms with van der Waals surface area (Å²) in [5.74, 6) is -1.95. The van der Waals surface area contributed by atoms with Gasteiger partial charge in [-0.05, 0) is 30.0 Å². The summed E-state index contributed by atoms with van der Waals surface area (Å²) in [6, 6.07) is 3.51. The smallest absolute Gasteiger partial charge is 0.303 e. The lowest BCUT2D eigenvalue weighted by atomic mass is 9.72. The molecule has 1 fully saturated rings. The van der Waals surface area contributed by atoms with Crippen LogP contribution in [0, 0.1) is 11.8 Å². The number of carboxylic acid groups (broad SMARTS) is 1. The molecule has 3 atom stereocenters. The number of carbonyl (C=O) groups is 3. The second-order valence-electron chi connectivity index (χ2n) is 5.86. The Morgan fingerprint density at radius 2 is 2.14 bits per heavy atom. The molecule has 5 nitrogen and oxygen atoms in total. The Hall–Kier alpha value is -1.69. The van der Waals surface area contributed by atoms with Crippen LogP contribution in [0.5, 0.6) is 5.75 Å². The number of ketones is 2. The molecule has 1 aromatic rings. The molecule has 1 N–H and O–H groups in total. The van der Waals surface area contributed by atoms with E-state index in [1.807, 2.05) is 0 Å². The summed E-state index contributed by atoms with van der Waals surface area (Å²) >= 11 is 3.46. The first kappa shape index (κ1) is 15.2. The highest BCUT2D eigenvalue weighted by molar-refractivity contribution is 9.10. The minimum absolute atomic E-state index is 0.0416. The molecule has 0 aliphatic heterocycles. The molecule has 0 aromatic heterocycles. The number of carboxylic acids is 1. The zero-order valence-corrected chi connectivity index (χ0v) is 13.6. The Morgan fingerprint density at radius 1 is 1.41 bits per heavy atom. The summed E-state index contributed by atoms with van der Waals surface area (Å²) in [6.45, 7) is 0. The van der Waals surface area contributed by atoms with Crippen LogP contribution >= 0.6 is 15.9 Å². The minimum atomic E-state index is -0.912. The maximum atomic E-state index is 12.7. The van der Waals surface area contributed by atoms with E-state index >= 15 is 0 Å². The number of aliphatic carboxylic acids is 1. The largest absolute Gasteiger partial charge is 0.496 e. The summed E-state index contributed by atoms with van der Waals surface area (Å²) < 4.78 is 6.04. The number of hydrogen-bond donors (Lipinski definition) is 1. The Bertz CT molecular complexity index is 681. The number of ether oxygens (including phenoxy) is 1. The van der Waals surface area contributed by atoms with Crippen molar-refractivity contribution < 1.29 is 24.2 Å². The van der Waals surface area contributed by atoms with Crippen LogP contribution in [0.2, 0.25) is 0 Å². The quantitative estimate of drug-likeness (QED) is 0.831. The molecule has 0 heterocycles. The highest BCUT2D eigenvalue weighted by Crippen LogP contribution is 2.52. The van der Waals surface area contributed by atoms with Crippen LogP contribution in [0.4, 0.5) is 0 Å². The van der Waals surface area contributed by atoms with Crippen molar-refractivity contribution in [2.45, 2.75) is 25.2 Å². The maximum Gasteiger partial charge on any atom is 0.303 e. The van der Waals surface area contributed by atoms with Crippen molar-refractivity contribution in [3.63, 3.8) is 0 Å². The Kier molecular flexibility index (Phi) is 3.80. The van der Waals surface area contributed by atoms with E-state index in [9.17, 15) is 14.4 Å². The fourth-order valence-corrected chi connectivity index (χ4v) is 4.37.